The van der Waals surface area contributed by atoms with Crippen LogP contribution in [0.3, 0.4) is 0 Å². The Bertz CT molecular complexity index is 1050. The smallest absolute Gasteiger partial charge is 0.225 e. The van der Waals surface area contributed by atoms with Gasteiger partial charge in [0.25, 0.3) is 0 Å². The first-order valence-electron chi connectivity index (χ1n) is 9.52. The third-order valence-electron chi connectivity index (χ3n) is 4.29. The molecule has 8 nitrogen and oxygen atoms in total. The molecule has 0 spiro atoms. The number of nitrogen functional groups attached to an aromatic ring is 1. The molecule has 10 heteroatoms. The van der Waals surface area contributed by atoms with E-state index < -0.39 is 0 Å². The zero-order valence-electron chi connectivity index (χ0n) is 17.5. The molecule has 0 aliphatic carbocycles. The summed E-state index contributed by atoms with van der Waals surface area (Å²) in [5.41, 5.74) is 2.76. The SMILES string of the molecule is COc1ccc(Cl)cc1NC(=O)CCSc1nnc(COc2cc(C)cc(C)c2)n1N. The molecule has 31 heavy (non-hydrogen) atoms. The van der Waals surface area contributed by atoms with Gasteiger partial charge in [-0.15, -0.1) is 10.2 Å². The number of aryl methyl sites for hydroxylation is 2. The largest absolute Gasteiger partial charge is 0.495 e. The molecule has 0 atom stereocenters. The molecule has 1 heterocycles. The van der Waals surface area contributed by atoms with Crippen molar-refractivity contribution in [3.63, 3.8) is 0 Å². The Morgan fingerprint density at radius 1 is 1.19 bits per heavy atom. The number of ether oxygens (including phenoxy) is 2. The first kappa shape index (κ1) is 22.8. The average molecular weight is 462 g/mol. The lowest BCUT2D eigenvalue weighted by molar-refractivity contribution is -0.115. The van der Waals surface area contributed by atoms with E-state index >= 15 is 0 Å². The minimum absolute atomic E-state index is 0.172. The van der Waals surface area contributed by atoms with Crippen molar-refractivity contribution in [1.29, 1.82) is 0 Å². The summed E-state index contributed by atoms with van der Waals surface area (Å²) in [6.07, 6.45) is 0.252. The molecular formula is C21H24ClN5O3S. The van der Waals surface area contributed by atoms with Gasteiger partial charge in [-0.1, -0.05) is 29.4 Å². The molecule has 0 saturated carbocycles. The number of anilines is 1. The lowest BCUT2D eigenvalue weighted by atomic mass is 10.1. The van der Waals surface area contributed by atoms with Gasteiger partial charge in [-0.3, -0.25) is 4.79 Å². The van der Waals surface area contributed by atoms with E-state index in [0.29, 0.717) is 33.2 Å². The number of methoxy groups -OCH3 is 1. The van der Waals surface area contributed by atoms with Gasteiger partial charge >= 0.3 is 0 Å². The van der Waals surface area contributed by atoms with Crippen LogP contribution in [0.2, 0.25) is 5.02 Å². The fourth-order valence-electron chi connectivity index (χ4n) is 2.89. The monoisotopic (exact) mass is 461 g/mol. The van der Waals surface area contributed by atoms with Crippen LogP contribution in [0.4, 0.5) is 5.69 Å². The van der Waals surface area contributed by atoms with Gasteiger partial charge in [0.1, 0.15) is 18.1 Å². The van der Waals surface area contributed by atoms with Gasteiger partial charge in [0.15, 0.2) is 5.82 Å². The highest BCUT2D eigenvalue weighted by atomic mass is 35.5. The molecule has 0 radical (unpaired) electrons. The van der Waals surface area contributed by atoms with Crippen LogP contribution in [0, 0.1) is 13.8 Å². The van der Waals surface area contributed by atoms with Crippen LogP contribution in [0.25, 0.3) is 0 Å². The van der Waals surface area contributed by atoms with Gasteiger partial charge in [0.2, 0.25) is 11.1 Å². The summed E-state index contributed by atoms with van der Waals surface area (Å²) < 4.78 is 12.4. The number of hydrogen-bond acceptors (Lipinski definition) is 7. The predicted molar refractivity (Wildman–Crippen MR) is 122 cm³/mol. The molecule has 3 rings (SSSR count). The number of carbonyl (C=O) groups excluding carboxylic acids is 1. The van der Waals surface area contributed by atoms with E-state index in [0.717, 1.165) is 16.9 Å². The van der Waals surface area contributed by atoms with Crippen LogP contribution in [0.1, 0.15) is 23.4 Å². The second-order valence-corrected chi connectivity index (χ2v) is 8.37. The minimum Gasteiger partial charge on any atom is -0.495 e. The van der Waals surface area contributed by atoms with Crippen LogP contribution in [0.5, 0.6) is 11.5 Å². The van der Waals surface area contributed by atoms with E-state index in [9.17, 15) is 4.79 Å². The fraction of sp³-hybridized carbons (Fsp3) is 0.286. The topological polar surface area (TPSA) is 104 Å². The highest BCUT2D eigenvalue weighted by Gasteiger charge is 2.13. The van der Waals surface area contributed by atoms with E-state index in [4.69, 9.17) is 26.9 Å². The van der Waals surface area contributed by atoms with Crippen molar-refractivity contribution < 1.29 is 14.3 Å². The van der Waals surface area contributed by atoms with Crippen LogP contribution in [-0.4, -0.2) is 33.6 Å². The van der Waals surface area contributed by atoms with Crippen molar-refractivity contribution in [3.05, 3.63) is 58.4 Å². The third-order valence-corrected chi connectivity index (χ3v) is 5.47. The molecule has 0 aliphatic rings. The first-order chi connectivity index (χ1) is 14.9. The summed E-state index contributed by atoms with van der Waals surface area (Å²) >= 11 is 7.33. The highest BCUT2D eigenvalue weighted by Crippen LogP contribution is 2.28. The van der Waals surface area contributed by atoms with Gasteiger partial charge in [-0.05, 0) is 55.3 Å². The van der Waals surface area contributed by atoms with E-state index in [1.54, 1.807) is 18.2 Å². The Labute approximate surface area is 190 Å². The molecule has 0 unspecified atom stereocenters. The maximum absolute atomic E-state index is 12.3. The second-order valence-electron chi connectivity index (χ2n) is 6.87. The van der Waals surface area contributed by atoms with Crippen molar-refractivity contribution in [2.75, 3.05) is 24.0 Å². The van der Waals surface area contributed by atoms with E-state index in [-0.39, 0.29) is 18.9 Å². The number of nitrogens with zero attached hydrogens (tertiary/aromatic N) is 3. The van der Waals surface area contributed by atoms with Crippen LogP contribution >= 0.6 is 23.4 Å². The molecule has 0 fully saturated rings. The Morgan fingerprint density at radius 3 is 2.65 bits per heavy atom. The molecule has 0 bridgehead atoms. The average Bonchev–Trinajstić information content (AvgIpc) is 3.05. The lowest BCUT2D eigenvalue weighted by Crippen LogP contribution is -2.16. The second kappa shape index (κ2) is 10.4. The summed E-state index contributed by atoms with van der Waals surface area (Å²) in [5, 5.41) is 12.0. The summed E-state index contributed by atoms with van der Waals surface area (Å²) in [6.45, 7) is 4.22. The number of thioether (sulfide) groups is 1. The maximum Gasteiger partial charge on any atom is 0.225 e. The molecule has 1 amide bonds. The van der Waals surface area contributed by atoms with Gasteiger partial charge in [-0.2, -0.15) is 0 Å². The number of nitrogens with one attached hydrogen (secondary N) is 1. The summed E-state index contributed by atoms with van der Waals surface area (Å²) in [7, 11) is 1.53. The number of rotatable bonds is 9. The normalized spacial score (nSPS) is 10.7. The molecule has 1 aromatic heterocycles. The fourth-order valence-corrected chi connectivity index (χ4v) is 3.88. The summed E-state index contributed by atoms with van der Waals surface area (Å²) in [4.78, 5) is 12.3. The van der Waals surface area contributed by atoms with Gasteiger partial charge in [0.05, 0.1) is 12.8 Å². The Morgan fingerprint density at radius 2 is 1.94 bits per heavy atom. The van der Waals surface area contributed by atoms with Crippen molar-refractivity contribution >= 4 is 35.0 Å². The van der Waals surface area contributed by atoms with Crippen molar-refractivity contribution in [2.45, 2.75) is 32.0 Å². The summed E-state index contributed by atoms with van der Waals surface area (Å²) in [6, 6.07) is 11.0. The molecule has 0 aliphatic heterocycles. The molecule has 3 aromatic rings. The van der Waals surface area contributed by atoms with Gasteiger partial charge in [0, 0.05) is 17.2 Å². The van der Waals surface area contributed by atoms with Crippen molar-refractivity contribution in [2.24, 2.45) is 0 Å². The molecular weight excluding hydrogens is 438 g/mol. The maximum atomic E-state index is 12.3. The number of aromatic nitrogens is 3. The number of benzene rings is 2. The van der Waals surface area contributed by atoms with Crippen LogP contribution in [-0.2, 0) is 11.4 Å². The standard InChI is InChI=1S/C21H24ClN5O3S/c1-13-8-14(2)10-16(9-13)30-12-19-25-26-21(27(19)23)31-7-6-20(28)24-17-11-15(22)4-5-18(17)29-3/h4-5,8-11H,6-7,12,23H2,1-3H3,(H,24,28). The van der Waals surface area contributed by atoms with E-state index in [1.807, 2.05) is 26.0 Å². The zero-order valence-corrected chi connectivity index (χ0v) is 19.1. The van der Waals surface area contributed by atoms with E-state index in [1.165, 1.54) is 23.5 Å². The lowest BCUT2D eigenvalue weighted by Gasteiger charge is -2.10. The quantitative estimate of drug-likeness (QED) is 0.367. The van der Waals surface area contributed by atoms with E-state index in [2.05, 4.69) is 21.6 Å². The number of amides is 1. The predicted octanol–water partition coefficient (Wildman–Crippen LogP) is 3.97. The molecule has 3 N–H and O–H groups in total. The Hall–Kier alpha value is -2.91. The van der Waals surface area contributed by atoms with Crippen molar-refractivity contribution in [1.82, 2.24) is 14.9 Å². The van der Waals surface area contributed by atoms with Crippen LogP contribution < -0.4 is 20.6 Å². The molecule has 2 aromatic carbocycles. The third kappa shape index (κ3) is 6.28. The molecule has 164 valence electrons. The first-order valence-corrected chi connectivity index (χ1v) is 10.9. The molecule has 0 saturated heterocycles. The Kier molecular flexibility index (Phi) is 7.64. The highest BCUT2D eigenvalue weighted by molar-refractivity contribution is 7.99. The van der Waals surface area contributed by atoms with Crippen molar-refractivity contribution in [3.8, 4) is 11.5 Å². The Balaban J connectivity index is 1.50. The summed E-state index contributed by atoms with van der Waals surface area (Å²) in [5.74, 6) is 8.17. The number of carbonyl (C=O) groups is 1. The van der Waals surface area contributed by atoms with Crippen LogP contribution in [0.15, 0.2) is 41.6 Å². The number of hydrogen-bond donors (Lipinski definition) is 2. The number of nitrogens with two attached hydrogens (primary N) is 1. The zero-order chi connectivity index (χ0) is 22.4. The van der Waals surface area contributed by atoms with Gasteiger partial charge < -0.3 is 20.6 Å². The minimum atomic E-state index is -0.172. The number of halogens is 1. The van der Waals surface area contributed by atoms with Gasteiger partial charge in [-0.25, -0.2) is 4.68 Å².